The van der Waals surface area contributed by atoms with Crippen LogP contribution in [-0.2, 0) is 0 Å². The maximum atomic E-state index is 10.8. The zero-order chi connectivity index (χ0) is 11.0. The van der Waals surface area contributed by atoms with Crippen LogP contribution in [-0.4, -0.2) is 21.0 Å². The molecule has 0 fully saturated rings. The van der Waals surface area contributed by atoms with Crippen molar-refractivity contribution in [3.05, 3.63) is 28.0 Å². The number of nitriles is 1. The lowest BCUT2D eigenvalue weighted by atomic mass is 10.1. The Morgan fingerprint density at radius 2 is 2.33 bits per heavy atom. The third-order valence-electron chi connectivity index (χ3n) is 1.97. The van der Waals surface area contributed by atoms with E-state index in [-0.39, 0.29) is 11.1 Å². The van der Waals surface area contributed by atoms with Crippen LogP contribution in [0.3, 0.4) is 0 Å². The Hall–Kier alpha value is -1.87. The van der Waals surface area contributed by atoms with E-state index in [0.717, 1.165) is 0 Å². The van der Waals surface area contributed by atoms with Crippen LogP contribution in [0.1, 0.15) is 15.9 Å². The van der Waals surface area contributed by atoms with Crippen molar-refractivity contribution in [2.45, 2.75) is 0 Å². The van der Waals surface area contributed by atoms with Crippen molar-refractivity contribution in [1.82, 2.24) is 9.97 Å². The van der Waals surface area contributed by atoms with Gasteiger partial charge in [-0.25, -0.2) is 9.78 Å². The van der Waals surface area contributed by atoms with Gasteiger partial charge in [0.25, 0.3) is 0 Å². The van der Waals surface area contributed by atoms with E-state index >= 15 is 0 Å². The van der Waals surface area contributed by atoms with Gasteiger partial charge in [-0.15, -0.1) is 0 Å². The Morgan fingerprint density at radius 1 is 1.60 bits per heavy atom. The number of H-pyrrole nitrogens is 1. The van der Waals surface area contributed by atoms with Crippen molar-refractivity contribution in [2.75, 3.05) is 0 Å². The summed E-state index contributed by atoms with van der Waals surface area (Å²) in [5.74, 6) is -1.13. The largest absolute Gasteiger partial charge is 0.478 e. The van der Waals surface area contributed by atoms with Crippen LogP contribution in [0.15, 0.2) is 16.9 Å². The highest BCUT2D eigenvalue weighted by Gasteiger charge is 2.15. The van der Waals surface area contributed by atoms with Crippen molar-refractivity contribution in [1.29, 1.82) is 5.26 Å². The average Bonchev–Trinajstić information content (AvgIpc) is 2.55. The molecule has 0 aliphatic heterocycles. The smallest absolute Gasteiger partial charge is 0.337 e. The number of carboxylic acids is 1. The molecule has 0 spiro atoms. The number of hydrogen-bond donors (Lipinski definition) is 2. The van der Waals surface area contributed by atoms with Crippen molar-refractivity contribution in [3.8, 4) is 6.07 Å². The lowest BCUT2D eigenvalue weighted by molar-refractivity contribution is 0.0696. The molecule has 0 amide bonds. The molecule has 2 N–H and O–H groups in total. The molecular weight excluding hydrogens is 262 g/mol. The number of rotatable bonds is 1. The number of imidazole rings is 1. The topological polar surface area (TPSA) is 89.8 Å². The minimum atomic E-state index is -1.13. The van der Waals surface area contributed by atoms with Crippen LogP contribution >= 0.6 is 15.9 Å². The average molecular weight is 266 g/mol. The number of aromatic amines is 1. The third kappa shape index (κ3) is 1.47. The first-order chi connectivity index (χ1) is 7.13. The van der Waals surface area contributed by atoms with E-state index in [1.807, 2.05) is 6.07 Å². The molecule has 5 nitrogen and oxygen atoms in total. The number of benzene rings is 1. The van der Waals surface area contributed by atoms with E-state index in [1.54, 1.807) is 6.07 Å². The molecule has 0 aliphatic rings. The van der Waals surface area contributed by atoms with Gasteiger partial charge in [-0.2, -0.15) is 5.26 Å². The molecule has 2 rings (SSSR count). The van der Waals surface area contributed by atoms with Gasteiger partial charge in [0.1, 0.15) is 11.6 Å². The normalized spacial score (nSPS) is 10.1. The van der Waals surface area contributed by atoms with E-state index in [1.165, 1.54) is 6.07 Å². The predicted octanol–water partition coefficient (Wildman–Crippen LogP) is 1.90. The second-order valence-electron chi connectivity index (χ2n) is 2.83. The highest BCUT2D eigenvalue weighted by Crippen LogP contribution is 2.21. The number of halogens is 1. The van der Waals surface area contributed by atoms with Crippen LogP contribution in [0.4, 0.5) is 0 Å². The number of aromatic nitrogens is 2. The number of nitrogens with zero attached hydrogens (tertiary/aromatic N) is 2. The number of aromatic carboxylic acids is 1. The van der Waals surface area contributed by atoms with E-state index in [0.29, 0.717) is 15.8 Å². The van der Waals surface area contributed by atoms with E-state index in [2.05, 4.69) is 25.9 Å². The Kier molecular flexibility index (Phi) is 2.17. The first-order valence-electron chi connectivity index (χ1n) is 3.95. The molecule has 15 heavy (non-hydrogen) atoms. The van der Waals surface area contributed by atoms with Crippen LogP contribution < -0.4 is 0 Å². The molecule has 1 heterocycles. The lowest BCUT2D eigenvalue weighted by Crippen LogP contribution is -2.00. The Labute approximate surface area is 92.5 Å². The zero-order valence-electron chi connectivity index (χ0n) is 7.28. The first-order valence-corrected chi connectivity index (χ1v) is 4.74. The van der Waals surface area contributed by atoms with Gasteiger partial charge in [-0.05, 0) is 28.1 Å². The van der Waals surface area contributed by atoms with Crippen molar-refractivity contribution in [2.24, 2.45) is 0 Å². The summed E-state index contributed by atoms with van der Waals surface area (Å²) in [5, 5.41) is 17.8. The summed E-state index contributed by atoms with van der Waals surface area (Å²) >= 11 is 3.13. The summed E-state index contributed by atoms with van der Waals surface area (Å²) < 4.78 is 0.469. The lowest BCUT2D eigenvalue weighted by Gasteiger charge is -1.97. The summed E-state index contributed by atoms with van der Waals surface area (Å²) in [5.41, 5.74) is 1.03. The SMILES string of the molecule is N#Cc1c(C(=O)O)ccc2[nH]c(Br)nc12. The maximum Gasteiger partial charge on any atom is 0.337 e. The number of hydrogen-bond acceptors (Lipinski definition) is 3. The molecule has 0 saturated carbocycles. The molecular formula is C9H4BrN3O2. The van der Waals surface area contributed by atoms with Crippen molar-refractivity contribution < 1.29 is 9.90 Å². The molecule has 0 aliphatic carbocycles. The summed E-state index contributed by atoms with van der Waals surface area (Å²) in [4.78, 5) is 17.7. The molecule has 0 atom stereocenters. The van der Waals surface area contributed by atoms with Crippen LogP contribution in [0, 0.1) is 11.3 Å². The molecule has 1 aromatic heterocycles. The standard InChI is InChI=1S/C9H4BrN3O2/c10-9-12-6-2-1-4(8(14)15)5(3-11)7(6)13-9/h1-2H,(H,12,13)(H,14,15). The monoisotopic (exact) mass is 265 g/mol. The Bertz CT molecular complexity index is 597. The fraction of sp³-hybridized carbons (Fsp3) is 0. The summed E-state index contributed by atoms with van der Waals surface area (Å²) in [6.45, 7) is 0. The maximum absolute atomic E-state index is 10.8. The van der Waals surface area contributed by atoms with Gasteiger partial charge in [0, 0.05) is 0 Å². The molecule has 2 aromatic rings. The fourth-order valence-corrected chi connectivity index (χ4v) is 1.73. The molecule has 74 valence electrons. The molecule has 0 radical (unpaired) electrons. The predicted molar refractivity (Wildman–Crippen MR) is 55.5 cm³/mol. The second kappa shape index (κ2) is 3.37. The molecule has 0 unspecified atom stereocenters. The van der Waals surface area contributed by atoms with Crippen LogP contribution in [0.5, 0.6) is 0 Å². The minimum Gasteiger partial charge on any atom is -0.478 e. The number of carboxylic acid groups (broad SMARTS) is 1. The van der Waals surface area contributed by atoms with Gasteiger partial charge in [-0.1, -0.05) is 0 Å². The molecule has 0 bridgehead atoms. The van der Waals surface area contributed by atoms with Gasteiger partial charge in [0.05, 0.1) is 16.6 Å². The van der Waals surface area contributed by atoms with E-state index < -0.39 is 5.97 Å². The highest BCUT2D eigenvalue weighted by molar-refractivity contribution is 9.10. The van der Waals surface area contributed by atoms with Gasteiger partial charge in [-0.3, -0.25) is 0 Å². The van der Waals surface area contributed by atoms with Crippen LogP contribution in [0.25, 0.3) is 11.0 Å². The molecule has 0 saturated heterocycles. The van der Waals surface area contributed by atoms with E-state index in [9.17, 15) is 4.79 Å². The van der Waals surface area contributed by atoms with Crippen LogP contribution in [0.2, 0.25) is 0 Å². The summed E-state index contributed by atoms with van der Waals surface area (Å²) in [6.07, 6.45) is 0. The molecule has 6 heteroatoms. The third-order valence-corrected chi connectivity index (χ3v) is 2.34. The molecule has 1 aromatic carbocycles. The number of carbonyl (C=O) groups is 1. The first kappa shape index (κ1) is 9.68. The zero-order valence-corrected chi connectivity index (χ0v) is 8.87. The quantitative estimate of drug-likeness (QED) is 0.824. The summed E-state index contributed by atoms with van der Waals surface area (Å²) in [7, 11) is 0. The Morgan fingerprint density at radius 3 is 2.93 bits per heavy atom. The highest BCUT2D eigenvalue weighted by atomic mass is 79.9. The van der Waals surface area contributed by atoms with Crippen molar-refractivity contribution in [3.63, 3.8) is 0 Å². The van der Waals surface area contributed by atoms with Gasteiger partial charge < -0.3 is 10.1 Å². The van der Waals surface area contributed by atoms with Gasteiger partial charge in [0.15, 0.2) is 4.73 Å². The fourth-order valence-electron chi connectivity index (χ4n) is 1.34. The van der Waals surface area contributed by atoms with Gasteiger partial charge in [0.2, 0.25) is 0 Å². The second-order valence-corrected chi connectivity index (χ2v) is 3.58. The summed E-state index contributed by atoms with van der Waals surface area (Å²) in [6, 6.07) is 4.81. The van der Waals surface area contributed by atoms with Gasteiger partial charge >= 0.3 is 5.97 Å². The van der Waals surface area contributed by atoms with Crippen molar-refractivity contribution >= 4 is 32.9 Å². The minimum absolute atomic E-state index is 0.0380. The Balaban J connectivity index is 2.88. The number of fused-ring (bicyclic) bond motifs is 1. The number of nitrogens with one attached hydrogen (secondary N) is 1. The van der Waals surface area contributed by atoms with E-state index in [4.69, 9.17) is 10.4 Å².